The number of sulfonamides is 1. The third-order valence-corrected chi connectivity index (χ3v) is 3.28. The molecule has 5 nitrogen and oxygen atoms in total. The first-order valence-electron chi connectivity index (χ1n) is 4.70. The van der Waals surface area contributed by atoms with Gasteiger partial charge in [0.25, 0.3) is 0 Å². The van der Waals surface area contributed by atoms with Crippen molar-refractivity contribution in [1.82, 2.24) is 9.78 Å². The van der Waals surface area contributed by atoms with Crippen molar-refractivity contribution in [3.8, 4) is 11.3 Å². The van der Waals surface area contributed by atoms with Gasteiger partial charge in [0.1, 0.15) is 5.82 Å². The van der Waals surface area contributed by atoms with E-state index in [1.54, 1.807) is 13.1 Å². The summed E-state index contributed by atoms with van der Waals surface area (Å²) in [6.45, 7) is 0. The van der Waals surface area contributed by atoms with E-state index in [0.29, 0.717) is 5.69 Å². The van der Waals surface area contributed by atoms with Crippen LogP contribution in [0.1, 0.15) is 0 Å². The van der Waals surface area contributed by atoms with Gasteiger partial charge in [-0.25, -0.2) is 17.9 Å². The monoisotopic (exact) mass is 255 g/mol. The third-order valence-electron chi connectivity index (χ3n) is 2.37. The lowest BCUT2D eigenvalue weighted by Crippen LogP contribution is -2.12. The minimum Gasteiger partial charge on any atom is -0.268 e. The van der Waals surface area contributed by atoms with E-state index in [-0.39, 0.29) is 10.5 Å². The van der Waals surface area contributed by atoms with Gasteiger partial charge in [0.15, 0.2) is 0 Å². The van der Waals surface area contributed by atoms with Gasteiger partial charge in [0.2, 0.25) is 10.0 Å². The van der Waals surface area contributed by atoms with E-state index in [0.717, 1.165) is 6.07 Å². The molecule has 0 aliphatic rings. The number of nitrogens with two attached hydrogens (primary N) is 1. The molecule has 0 fully saturated rings. The van der Waals surface area contributed by atoms with Crippen LogP contribution in [0.4, 0.5) is 4.39 Å². The molecule has 0 unspecified atom stereocenters. The summed E-state index contributed by atoms with van der Waals surface area (Å²) in [7, 11) is -2.21. The number of rotatable bonds is 2. The zero-order chi connectivity index (χ0) is 12.6. The molecule has 0 aliphatic heterocycles. The maximum Gasteiger partial charge on any atom is 0.238 e. The molecule has 7 heteroatoms. The van der Waals surface area contributed by atoms with Crippen LogP contribution in [-0.2, 0) is 17.1 Å². The standard InChI is InChI=1S/C10H10FN3O2S/c1-14-10(4-5-13-14)8-3-2-7(6-9(8)11)17(12,15)16/h2-6H,1H3,(H2,12,15,16). The molecule has 0 aliphatic carbocycles. The summed E-state index contributed by atoms with van der Waals surface area (Å²) in [6, 6.07) is 5.17. The Hall–Kier alpha value is -1.73. The maximum absolute atomic E-state index is 13.8. The van der Waals surface area contributed by atoms with Crippen molar-refractivity contribution >= 4 is 10.0 Å². The number of benzene rings is 1. The van der Waals surface area contributed by atoms with Crippen molar-refractivity contribution in [2.45, 2.75) is 4.90 Å². The van der Waals surface area contributed by atoms with E-state index in [1.165, 1.54) is 23.0 Å². The number of aryl methyl sites for hydroxylation is 1. The summed E-state index contributed by atoms with van der Waals surface area (Å²) in [4.78, 5) is -0.249. The van der Waals surface area contributed by atoms with Crippen molar-refractivity contribution in [2.24, 2.45) is 12.2 Å². The van der Waals surface area contributed by atoms with Gasteiger partial charge in [-0.1, -0.05) is 0 Å². The number of nitrogens with zero attached hydrogens (tertiary/aromatic N) is 2. The number of aromatic nitrogens is 2. The molecule has 1 heterocycles. The van der Waals surface area contributed by atoms with Crippen LogP contribution in [0.15, 0.2) is 35.4 Å². The van der Waals surface area contributed by atoms with Crippen molar-refractivity contribution in [3.05, 3.63) is 36.3 Å². The van der Waals surface area contributed by atoms with Gasteiger partial charge in [-0.2, -0.15) is 5.10 Å². The van der Waals surface area contributed by atoms with Gasteiger partial charge in [0, 0.05) is 18.8 Å². The van der Waals surface area contributed by atoms with Gasteiger partial charge < -0.3 is 0 Å². The van der Waals surface area contributed by atoms with Crippen molar-refractivity contribution < 1.29 is 12.8 Å². The minimum atomic E-state index is -3.88. The molecule has 17 heavy (non-hydrogen) atoms. The molecule has 0 spiro atoms. The van der Waals surface area contributed by atoms with Crippen LogP contribution in [0.5, 0.6) is 0 Å². The normalized spacial score (nSPS) is 11.7. The molecule has 0 atom stereocenters. The van der Waals surface area contributed by atoms with Gasteiger partial charge in [-0.15, -0.1) is 0 Å². The molecule has 0 amide bonds. The highest BCUT2D eigenvalue weighted by molar-refractivity contribution is 7.89. The van der Waals surface area contributed by atoms with Crippen LogP contribution in [0.25, 0.3) is 11.3 Å². The Labute approximate surface area is 97.7 Å². The molecule has 2 aromatic rings. The molecule has 1 aromatic heterocycles. The summed E-state index contributed by atoms with van der Waals surface area (Å²) in [5.41, 5.74) is 0.834. The molecular weight excluding hydrogens is 245 g/mol. The Balaban J connectivity index is 2.57. The van der Waals surface area contributed by atoms with Gasteiger partial charge >= 0.3 is 0 Å². The predicted molar refractivity (Wildman–Crippen MR) is 60.0 cm³/mol. The smallest absolute Gasteiger partial charge is 0.238 e. The first kappa shape index (κ1) is 11.7. The fourth-order valence-electron chi connectivity index (χ4n) is 1.52. The largest absolute Gasteiger partial charge is 0.268 e. The van der Waals surface area contributed by atoms with Crippen molar-refractivity contribution in [3.63, 3.8) is 0 Å². The van der Waals surface area contributed by atoms with E-state index >= 15 is 0 Å². The first-order valence-corrected chi connectivity index (χ1v) is 6.25. The molecule has 1 aromatic carbocycles. The molecule has 90 valence electrons. The highest BCUT2D eigenvalue weighted by atomic mass is 32.2. The molecule has 0 saturated heterocycles. The van der Waals surface area contributed by atoms with Gasteiger partial charge in [-0.05, 0) is 24.3 Å². The zero-order valence-corrected chi connectivity index (χ0v) is 9.78. The summed E-state index contributed by atoms with van der Waals surface area (Å²) >= 11 is 0. The summed E-state index contributed by atoms with van der Waals surface area (Å²) in [5.74, 6) is -0.653. The van der Waals surface area contributed by atoms with E-state index < -0.39 is 15.8 Å². The minimum absolute atomic E-state index is 0.249. The number of hydrogen-bond acceptors (Lipinski definition) is 3. The second kappa shape index (κ2) is 3.94. The van der Waals surface area contributed by atoms with E-state index in [2.05, 4.69) is 5.10 Å². The van der Waals surface area contributed by atoms with Gasteiger partial charge in [0.05, 0.1) is 10.6 Å². The number of halogens is 1. The predicted octanol–water partition coefficient (Wildman–Crippen LogP) is 0.874. The highest BCUT2D eigenvalue weighted by Gasteiger charge is 2.14. The van der Waals surface area contributed by atoms with Crippen molar-refractivity contribution in [1.29, 1.82) is 0 Å². The van der Waals surface area contributed by atoms with Gasteiger partial charge in [-0.3, -0.25) is 4.68 Å². The fraction of sp³-hybridized carbons (Fsp3) is 0.100. The average Bonchev–Trinajstić information content (AvgIpc) is 2.63. The van der Waals surface area contributed by atoms with Crippen LogP contribution in [-0.4, -0.2) is 18.2 Å². The second-order valence-corrected chi connectivity index (χ2v) is 5.09. The highest BCUT2D eigenvalue weighted by Crippen LogP contribution is 2.23. The maximum atomic E-state index is 13.8. The molecule has 0 radical (unpaired) electrons. The fourth-order valence-corrected chi connectivity index (χ4v) is 2.04. The van der Waals surface area contributed by atoms with E-state index in [9.17, 15) is 12.8 Å². The molecule has 2 rings (SSSR count). The van der Waals surface area contributed by atoms with Crippen LogP contribution >= 0.6 is 0 Å². The van der Waals surface area contributed by atoms with Crippen LogP contribution in [0.3, 0.4) is 0 Å². The van der Waals surface area contributed by atoms with Crippen LogP contribution in [0, 0.1) is 5.82 Å². The molecule has 0 bridgehead atoms. The second-order valence-electron chi connectivity index (χ2n) is 3.53. The molecular formula is C10H10FN3O2S. The Morgan fingerprint density at radius 2 is 2.06 bits per heavy atom. The average molecular weight is 255 g/mol. The molecule has 0 saturated carbocycles. The number of primary sulfonamides is 1. The van der Waals surface area contributed by atoms with Crippen molar-refractivity contribution in [2.75, 3.05) is 0 Å². The zero-order valence-electron chi connectivity index (χ0n) is 8.96. The summed E-state index contributed by atoms with van der Waals surface area (Å²) in [5, 5.41) is 8.82. The Morgan fingerprint density at radius 1 is 1.35 bits per heavy atom. The van der Waals surface area contributed by atoms with E-state index in [1.807, 2.05) is 0 Å². The van der Waals surface area contributed by atoms with Crippen LogP contribution < -0.4 is 5.14 Å². The Bertz CT molecular complexity index is 664. The first-order chi connectivity index (χ1) is 7.89. The Kier molecular flexibility index (Phi) is 2.72. The lowest BCUT2D eigenvalue weighted by Gasteiger charge is -2.05. The van der Waals surface area contributed by atoms with E-state index in [4.69, 9.17) is 5.14 Å². The summed E-state index contributed by atoms with van der Waals surface area (Å²) < 4.78 is 37.3. The Morgan fingerprint density at radius 3 is 2.53 bits per heavy atom. The lowest BCUT2D eigenvalue weighted by molar-refractivity contribution is 0.592. The topological polar surface area (TPSA) is 78.0 Å². The lowest BCUT2D eigenvalue weighted by atomic mass is 10.1. The third kappa shape index (κ3) is 2.20. The SMILES string of the molecule is Cn1nccc1-c1ccc(S(N)(=O)=O)cc1F. The quantitative estimate of drug-likeness (QED) is 0.865. The molecule has 2 N–H and O–H groups in total. The summed E-state index contributed by atoms with van der Waals surface area (Å²) in [6.07, 6.45) is 1.53. The van der Waals surface area contributed by atoms with Crippen LogP contribution in [0.2, 0.25) is 0 Å². The number of hydrogen-bond donors (Lipinski definition) is 1.